The zero-order valence-electron chi connectivity index (χ0n) is 13.9. The Hall–Kier alpha value is -1.48. The minimum absolute atomic E-state index is 0.00469. The van der Waals surface area contributed by atoms with E-state index in [1.54, 1.807) is 25.3 Å². The molecule has 0 N–H and O–H groups in total. The van der Waals surface area contributed by atoms with Gasteiger partial charge in [0.1, 0.15) is 5.82 Å². The van der Waals surface area contributed by atoms with Gasteiger partial charge < -0.3 is 0 Å². The van der Waals surface area contributed by atoms with Crippen LogP contribution in [0.1, 0.15) is 17.3 Å². The third-order valence-corrected chi connectivity index (χ3v) is 6.11. The van der Waals surface area contributed by atoms with E-state index in [4.69, 9.17) is 11.6 Å². The molecule has 0 unspecified atom stereocenters. The van der Waals surface area contributed by atoms with Crippen LogP contribution in [0.4, 0.5) is 5.82 Å². The number of amides is 1. The third kappa shape index (κ3) is 4.20. The molecule has 1 aromatic carbocycles. The van der Waals surface area contributed by atoms with E-state index in [-0.39, 0.29) is 15.5 Å². The van der Waals surface area contributed by atoms with Crippen LogP contribution in [0.2, 0.25) is 5.02 Å². The third-order valence-electron chi connectivity index (χ3n) is 3.50. The minimum Gasteiger partial charge on any atom is -0.293 e. The molecule has 1 aromatic heterocycles. The number of sulfonamides is 1. The fourth-order valence-electron chi connectivity index (χ4n) is 2.12. The monoisotopic (exact) mass is 445 g/mol. The smallest absolute Gasteiger partial charge is 0.260 e. The second-order valence-electron chi connectivity index (χ2n) is 5.31. The summed E-state index contributed by atoms with van der Waals surface area (Å²) >= 11 is 9.45. The molecule has 6 nitrogen and oxygen atoms in total. The first-order chi connectivity index (χ1) is 11.7. The van der Waals surface area contributed by atoms with Gasteiger partial charge in [-0.3, -0.25) is 9.69 Å². The average molecular weight is 447 g/mol. The van der Waals surface area contributed by atoms with Crippen molar-refractivity contribution >= 4 is 49.3 Å². The topological polar surface area (TPSA) is 70.6 Å². The Morgan fingerprint density at radius 3 is 2.44 bits per heavy atom. The van der Waals surface area contributed by atoms with Crippen LogP contribution in [-0.4, -0.2) is 44.3 Å². The van der Waals surface area contributed by atoms with Crippen LogP contribution in [0, 0.1) is 0 Å². The Bertz CT molecular complexity index is 886. The number of nitrogens with zero attached hydrogens (tertiary/aromatic N) is 3. The first-order valence-electron chi connectivity index (χ1n) is 7.34. The number of carbonyl (C=O) groups is 1. The molecule has 0 radical (unpaired) electrons. The van der Waals surface area contributed by atoms with E-state index < -0.39 is 15.9 Å². The van der Waals surface area contributed by atoms with Crippen LogP contribution in [-0.2, 0) is 10.0 Å². The zero-order chi connectivity index (χ0) is 18.8. The number of carbonyl (C=O) groups excluding carboxylic acids is 1. The molecule has 0 saturated carbocycles. The average Bonchev–Trinajstić information content (AvgIpc) is 2.57. The Balaban J connectivity index is 2.49. The lowest BCUT2D eigenvalue weighted by molar-refractivity contribution is 0.0987. The molecule has 0 saturated heterocycles. The molecule has 2 rings (SSSR count). The van der Waals surface area contributed by atoms with E-state index in [9.17, 15) is 13.2 Å². The van der Waals surface area contributed by atoms with Crippen LogP contribution in [0.25, 0.3) is 0 Å². The number of hydrogen-bond donors (Lipinski definition) is 0. The lowest BCUT2D eigenvalue weighted by atomic mass is 10.2. The van der Waals surface area contributed by atoms with E-state index >= 15 is 0 Å². The summed E-state index contributed by atoms with van der Waals surface area (Å²) in [5.74, 6) is 0.0331. The zero-order valence-corrected chi connectivity index (χ0v) is 17.1. The van der Waals surface area contributed by atoms with Crippen molar-refractivity contribution in [2.24, 2.45) is 0 Å². The Morgan fingerprint density at radius 2 is 1.92 bits per heavy atom. The number of aromatic nitrogens is 1. The highest BCUT2D eigenvalue weighted by molar-refractivity contribution is 9.10. The van der Waals surface area contributed by atoms with Gasteiger partial charge in [-0.2, -0.15) is 0 Å². The molecule has 1 amide bonds. The lowest BCUT2D eigenvalue weighted by Gasteiger charge is -2.21. The second kappa shape index (κ2) is 7.82. The molecule has 2 aromatic rings. The fourth-order valence-corrected chi connectivity index (χ4v) is 3.48. The van der Waals surface area contributed by atoms with Gasteiger partial charge >= 0.3 is 0 Å². The Morgan fingerprint density at radius 1 is 1.24 bits per heavy atom. The summed E-state index contributed by atoms with van der Waals surface area (Å²) in [4.78, 5) is 18.6. The van der Waals surface area contributed by atoms with Crippen molar-refractivity contribution in [2.75, 3.05) is 25.5 Å². The Labute approximate surface area is 160 Å². The van der Waals surface area contributed by atoms with Crippen LogP contribution in [0.3, 0.4) is 0 Å². The van der Waals surface area contributed by atoms with E-state index in [0.29, 0.717) is 12.4 Å². The maximum atomic E-state index is 12.9. The van der Waals surface area contributed by atoms with Crippen LogP contribution >= 0.6 is 27.5 Å². The number of hydrogen-bond acceptors (Lipinski definition) is 4. The normalized spacial score (nSPS) is 11.6. The number of benzene rings is 1. The molecule has 0 aliphatic rings. The van der Waals surface area contributed by atoms with Gasteiger partial charge in [-0.15, -0.1) is 0 Å². The summed E-state index contributed by atoms with van der Waals surface area (Å²) in [6, 6.07) is 7.55. The number of halogens is 2. The predicted octanol–water partition coefficient (Wildman–Crippen LogP) is 3.41. The molecule has 0 atom stereocenters. The van der Waals surface area contributed by atoms with E-state index in [0.717, 1.165) is 8.78 Å². The second-order valence-corrected chi connectivity index (χ2v) is 8.79. The highest BCUT2D eigenvalue weighted by Gasteiger charge is 2.24. The number of pyridine rings is 1. The summed E-state index contributed by atoms with van der Waals surface area (Å²) < 4.78 is 26.5. The van der Waals surface area contributed by atoms with Gasteiger partial charge in [-0.1, -0.05) is 11.6 Å². The van der Waals surface area contributed by atoms with Gasteiger partial charge in [-0.25, -0.2) is 17.7 Å². The maximum Gasteiger partial charge on any atom is 0.260 e. The quantitative estimate of drug-likeness (QED) is 0.705. The molecule has 0 aliphatic heterocycles. The molecular formula is C16H17BrClN3O3S. The SMILES string of the molecule is CCN(C(=O)c1cc(S(=O)(=O)N(C)C)ccc1Cl)c1ccc(Br)cn1. The van der Waals surface area contributed by atoms with Crippen LogP contribution in [0.15, 0.2) is 45.9 Å². The van der Waals surface area contributed by atoms with Crippen LogP contribution < -0.4 is 4.90 Å². The first kappa shape index (κ1) is 19.8. The van der Waals surface area contributed by atoms with E-state index in [1.165, 1.54) is 37.2 Å². The van der Waals surface area contributed by atoms with Crippen molar-refractivity contribution in [3.63, 3.8) is 0 Å². The van der Waals surface area contributed by atoms with E-state index in [2.05, 4.69) is 20.9 Å². The number of rotatable bonds is 5. The molecule has 0 fully saturated rings. The Kier molecular flexibility index (Phi) is 6.21. The molecule has 0 aliphatic carbocycles. The maximum absolute atomic E-state index is 12.9. The highest BCUT2D eigenvalue weighted by atomic mass is 79.9. The van der Waals surface area contributed by atoms with E-state index in [1.807, 2.05) is 0 Å². The first-order valence-corrected chi connectivity index (χ1v) is 9.95. The molecule has 9 heteroatoms. The fraction of sp³-hybridized carbons (Fsp3) is 0.250. The molecule has 1 heterocycles. The van der Waals surface area contributed by atoms with Gasteiger partial charge in [0.15, 0.2) is 0 Å². The molecule has 134 valence electrons. The number of anilines is 1. The summed E-state index contributed by atoms with van der Waals surface area (Å²) in [5, 5.41) is 0.179. The standard InChI is InChI=1S/C16H17BrClN3O3S/c1-4-21(15-8-5-11(17)10-19-15)16(22)13-9-12(6-7-14(13)18)25(23,24)20(2)3/h5-10H,4H2,1-3H3. The van der Waals surface area contributed by atoms with Crippen LogP contribution in [0.5, 0.6) is 0 Å². The van der Waals surface area contributed by atoms with Gasteiger partial charge in [0, 0.05) is 31.3 Å². The van der Waals surface area contributed by atoms with Crippen molar-refractivity contribution in [1.29, 1.82) is 0 Å². The van der Waals surface area contributed by atoms with Gasteiger partial charge in [0.25, 0.3) is 5.91 Å². The van der Waals surface area contributed by atoms with Crippen molar-refractivity contribution in [3.8, 4) is 0 Å². The predicted molar refractivity (Wildman–Crippen MR) is 102 cm³/mol. The van der Waals surface area contributed by atoms with Crippen molar-refractivity contribution in [1.82, 2.24) is 9.29 Å². The molecule has 0 spiro atoms. The largest absolute Gasteiger partial charge is 0.293 e. The molecule has 0 bridgehead atoms. The highest BCUT2D eigenvalue weighted by Crippen LogP contribution is 2.25. The summed E-state index contributed by atoms with van der Waals surface area (Å²) in [6.07, 6.45) is 1.58. The molecule has 25 heavy (non-hydrogen) atoms. The van der Waals surface area contributed by atoms with Crippen molar-refractivity contribution in [3.05, 3.63) is 51.6 Å². The van der Waals surface area contributed by atoms with Gasteiger partial charge in [-0.05, 0) is 53.2 Å². The molecular weight excluding hydrogens is 430 g/mol. The summed E-state index contributed by atoms with van der Waals surface area (Å²) in [7, 11) is -0.818. The lowest BCUT2D eigenvalue weighted by Crippen LogP contribution is -2.32. The van der Waals surface area contributed by atoms with Gasteiger partial charge in [0.2, 0.25) is 10.0 Å². The van der Waals surface area contributed by atoms with Crippen molar-refractivity contribution < 1.29 is 13.2 Å². The van der Waals surface area contributed by atoms with Crippen molar-refractivity contribution in [2.45, 2.75) is 11.8 Å². The summed E-state index contributed by atoms with van der Waals surface area (Å²) in [5.41, 5.74) is 0.108. The minimum atomic E-state index is -3.67. The van der Waals surface area contributed by atoms with Gasteiger partial charge in [0.05, 0.1) is 15.5 Å². The summed E-state index contributed by atoms with van der Waals surface area (Å²) in [6.45, 7) is 2.16.